The zero-order valence-electron chi connectivity index (χ0n) is 9.99. The number of aryl methyl sites for hydroxylation is 1. The Morgan fingerprint density at radius 2 is 2.38 bits per heavy atom. The molecule has 0 spiro atoms. The summed E-state index contributed by atoms with van der Waals surface area (Å²) >= 11 is 5.17. The maximum Gasteiger partial charge on any atom is 0.166 e. The van der Waals surface area contributed by atoms with Crippen molar-refractivity contribution in [2.45, 2.75) is 19.5 Å². The SMILES string of the molecule is COCC(C)NC(=S)NCc1ccn(C)c1. The molecule has 1 atom stereocenters. The van der Waals surface area contributed by atoms with Crippen LogP contribution < -0.4 is 10.6 Å². The zero-order valence-corrected chi connectivity index (χ0v) is 10.8. The summed E-state index contributed by atoms with van der Waals surface area (Å²) in [7, 11) is 3.68. The minimum atomic E-state index is 0.223. The van der Waals surface area contributed by atoms with E-state index in [0.717, 1.165) is 6.54 Å². The first-order valence-corrected chi connectivity index (χ1v) is 5.66. The van der Waals surface area contributed by atoms with E-state index < -0.39 is 0 Å². The van der Waals surface area contributed by atoms with E-state index in [1.54, 1.807) is 7.11 Å². The number of nitrogens with one attached hydrogen (secondary N) is 2. The highest BCUT2D eigenvalue weighted by Crippen LogP contribution is 1.98. The molecule has 0 radical (unpaired) electrons. The van der Waals surface area contributed by atoms with Crippen molar-refractivity contribution >= 4 is 17.3 Å². The molecule has 5 heteroatoms. The van der Waals surface area contributed by atoms with Crippen molar-refractivity contribution in [1.29, 1.82) is 0 Å². The summed E-state index contributed by atoms with van der Waals surface area (Å²) in [4.78, 5) is 0. The second-order valence-corrected chi connectivity index (χ2v) is 4.28. The van der Waals surface area contributed by atoms with Gasteiger partial charge in [-0.2, -0.15) is 0 Å². The third kappa shape index (κ3) is 4.63. The lowest BCUT2D eigenvalue weighted by Crippen LogP contribution is -2.42. The molecule has 90 valence electrons. The average Bonchev–Trinajstić information content (AvgIpc) is 2.61. The van der Waals surface area contributed by atoms with Crippen molar-refractivity contribution in [3.8, 4) is 0 Å². The number of rotatable bonds is 5. The molecule has 0 saturated carbocycles. The first-order chi connectivity index (χ1) is 7.61. The maximum absolute atomic E-state index is 5.17. The molecule has 4 nitrogen and oxygen atoms in total. The lowest BCUT2D eigenvalue weighted by molar-refractivity contribution is 0.179. The van der Waals surface area contributed by atoms with Crippen molar-refractivity contribution in [3.05, 3.63) is 24.0 Å². The lowest BCUT2D eigenvalue weighted by Gasteiger charge is -2.15. The summed E-state index contributed by atoms with van der Waals surface area (Å²) in [5.74, 6) is 0. The van der Waals surface area contributed by atoms with Gasteiger partial charge in [-0.1, -0.05) is 0 Å². The molecule has 0 aliphatic heterocycles. The third-order valence-corrected chi connectivity index (χ3v) is 2.40. The summed E-state index contributed by atoms with van der Waals surface area (Å²) in [6.07, 6.45) is 4.08. The fourth-order valence-corrected chi connectivity index (χ4v) is 1.69. The van der Waals surface area contributed by atoms with Crippen molar-refractivity contribution in [2.75, 3.05) is 13.7 Å². The van der Waals surface area contributed by atoms with Gasteiger partial charge >= 0.3 is 0 Å². The van der Waals surface area contributed by atoms with Gasteiger partial charge in [-0.25, -0.2) is 0 Å². The lowest BCUT2D eigenvalue weighted by atomic mass is 10.3. The molecule has 2 N–H and O–H groups in total. The highest BCUT2D eigenvalue weighted by Gasteiger charge is 2.03. The van der Waals surface area contributed by atoms with E-state index >= 15 is 0 Å². The van der Waals surface area contributed by atoms with Gasteiger partial charge in [0.2, 0.25) is 0 Å². The number of thiocarbonyl (C=S) groups is 1. The quantitative estimate of drug-likeness (QED) is 0.755. The molecule has 1 unspecified atom stereocenters. The number of ether oxygens (including phenoxy) is 1. The molecule has 0 aliphatic carbocycles. The molecular formula is C11H19N3OS. The van der Waals surface area contributed by atoms with E-state index in [9.17, 15) is 0 Å². The Labute approximate surface area is 102 Å². The van der Waals surface area contributed by atoms with Crippen LogP contribution in [0.1, 0.15) is 12.5 Å². The molecule has 0 aliphatic rings. The first kappa shape index (κ1) is 13.0. The van der Waals surface area contributed by atoms with Gasteiger partial charge in [0.15, 0.2) is 5.11 Å². The fourth-order valence-electron chi connectivity index (χ4n) is 1.41. The Bertz CT molecular complexity index is 338. The van der Waals surface area contributed by atoms with Crippen LogP contribution in [0, 0.1) is 0 Å². The third-order valence-electron chi connectivity index (χ3n) is 2.14. The van der Waals surface area contributed by atoms with E-state index in [-0.39, 0.29) is 6.04 Å². The van der Waals surface area contributed by atoms with Crippen LogP contribution >= 0.6 is 12.2 Å². The van der Waals surface area contributed by atoms with Crippen molar-refractivity contribution in [1.82, 2.24) is 15.2 Å². The zero-order chi connectivity index (χ0) is 12.0. The number of methoxy groups -OCH3 is 1. The van der Waals surface area contributed by atoms with Crippen LogP contribution in [0.4, 0.5) is 0 Å². The maximum atomic E-state index is 5.17. The second-order valence-electron chi connectivity index (χ2n) is 3.87. The van der Waals surface area contributed by atoms with Gasteiger partial charge in [0, 0.05) is 39.1 Å². The summed E-state index contributed by atoms with van der Waals surface area (Å²) in [6, 6.07) is 2.29. The van der Waals surface area contributed by atoms with Crippen molar-refractivity contribution in [3.63, 3.8) is 0 Å². The van der Waals surface area contributed by atoms with Crippen LogP contribution in [-0.2, 0) is 18.3 Å². The van der Waals surface area contributed by atoms with Gasteiger partial charge < -0.3 is 19.9 Å². The standard InChI is InChI=1S/C11H19N3OS/c1-9(8-15-3)13-11(16)12-6-10-4-5-14(2)7-10/h4-5,7,9H,6,8H2,1-3H3,(H2,12,13,16). The molecule has 16 heavy (non-hydrogen) atoms. The molecule has 1 aromatic heterocycles. The largest absolute Gasteiger partial charge is 0.383 e. The Hall–Kier alpha value is -1.07. The van der Waals surface area contributed by atoms with Crippen molar-refractivity contribution < 1.29 is 4.74 Å². The van der Waals surface area contributed by atoms with Crippen molar-refractivity contribution in [2.24, 2.45) is 7.05 Å². The van der Waals surface area contributed by atoms with Gasteiger partial charge in [-0.15, -0.1) is 0 Å². The van der Waals surface area contributed by atoms with Crippen LogP contribution in [0.3, 0.4) is 0 Å². The molecule has 0 bridgehead atoms. The molecule has 0 aromatic carbocycles. The topological polar surface area (TPSA) is 38.2 Å². The number of nitrogens with zero attached hydrogens (tertiary/aromatic N) is 1. The average molecular weight is 241 g/mol. The van der Waals surface area contributed by atoms with Crippen LogP contribution in [-0.4, -0.2) is 29.4 Å². The molecule has 0 fully saturated rings. The second kappa shape index (κ2) is 6.50. The molecule has 0 saturated heterocycles. The number of hydrogen-bond donors (Lipinski definition) is 2. The fraction of sp³-hybridized carbons (Fsp3) is 0.545. The van der Waals surface area contributed by atoms with Crippen LogP contribution in [0.2, 0.25) is 0 Å². The molecule has 0 amide bonds. The van der Waals surface area contributed by atoms with E-state index in [2.05, 4.69) is 22.9 Å². The minimum absolute atomic E-state index is 0.223. The predicted molar refractivity (Wildman–Crippen MR) is 69.3 cm³/mol. The normalized spacial score (nSPS) is 12.2. The van der Waals surface area contributed by atoms with E-state index in [0.29, 0.717) is 11.7 Å². The summed E-state index contributed by atoms with van der Waals surface area (Å²) < 4.78 is 7.03. The smallest absolute Gasteiger partial charge is 0.166 e. The molecule has 1 rings (SSSR count). The monoisotopic (exact) mass is 241 g/mol. The van der Waals surface area contributed by atoms with Gasteiger partial charge in [0.1, 0.15) is 0 Å². The van der Waals surface area contributed by atoms with Crippen LogP contribution in [0.15, 0.2) is 18.5 Å². The Balaban J connectivity index is 2.25. The highest BCUT2D eigenvalue weighted by molar-refractivity contribution is 7.80. The summed E-state index contributed by atoms with van der Waals surface area (Å²) in [5.41, 5.74) is 1.21. The van der Waals surface area contributed by atoms with Crippen LogP contribution in [0.5, 0.6) is 0 Å². The minimum Gasteiger partial charge on any atom is -0.383 e. The number of hydrogen-bond acceptors (Lipinski definition) is 2. The molecule has 1 aromatic rings. The molecular weight excluding hydrogens is 222 g/mol. The van der Waals surface area contributed by atoms with Gasteiger partial charge in [-0.05, 0) is 30.8 Å². The first-order valence-electron chi connectivity index (χ1n) is 5.26. The van der Waals surface area contributed by atoms with E-state index in [4.69, 9.17) is 17.0 Å². The van der Waals surface area contributed by atoms with E-state index in [1.807, 2.05) is 24.7 Å². The van der Waals surface area contributed by atoms with E-state index in [1.165, 1.54) is 5.56 Å². The van der Waals surface area contributed by atoms with Gasteiger partial charge in [0.05, 0.1) is 6.61 Å². The van der Waals surface area contributed by atoms with Crippen LogP contribution in [0.25, 0.3) is 0 Å². The summed E-state index contributed by atoms with van der Waals surface area (Å²) in [6.45, 7) is 3.42. The van der Waals surface area contributed by atoms with Gasteiger partial charge in [0.25, 0.3) is 0 Å². The Kier molecular flexibility index (Phi) is 5.28. The number of aromatic nitrogens is 1. The summed E-state index contributed by atoms with van der Waals surface area (Å²) in [5, 5.41) is 6.96. The highest BCUT2D eigenvalue weighted by atomic mass is 32.1. The predicted octanol–water partition coefficient (Wildman–Crippen LogP) is 1.02. The Morgan fingerprint density at radius 1 is 1.62 bits per heavy atom. The molecule has 1 heterocycles. The Morgan fingerprint density at radius 3 is 2.94 bits per heavy atom. The van der Waals surface area contributed by atoms with Gasteiger partial charge in [-0.3, -0.25) is 0 Å².